The Hall–Kier alpha value is -1.76. The monoisotopic (exact) mass is 227 g/mol. The van der Waals surface area contributed by atoms with Crippen molar-refractivity contribution < 1.29 is 0 Å². The number of benzene rings is 2. The van der Waals surface area contributed by atoms with Crippen molar-refractivity contribution in [2.45, 2.75) is 27.7 Å². The molecule has 0 amide bonds. The molecule has 0 radical (unpaired) electrons. The van der Waals surface area contributed by atoms with E-state index < -0.39 is 0 Å². The highest BCUT2D eigenvalue weighted by Gasteiger charge is 2.04. The smallest absolute Gasteiger partial charge is 0.0393 e. The van der Waals surface area contributed by atoms with Crippen molar-refractivity contribution in [2.75, 3.05) is 5.73 Å². The first-order chi connectivity index (χ1) is 8.18. The second-order valence-corrected chi connectivity index (χ2v) is 3.91. The first kappa shape index (κ1) is 13.3. The van der Waals surface area contributed by atoms with Crippen LogP contribution in [0.5, 0.6) is 0 Å². The van der Waals surface area contributed by atoms with Gasteiger partial charge in [-0.05, 0) is 31.0 Å². The van der Waals surface area contributed by atoms with Gasteiger partial charge in [-0.3, -0.25) is 0 Å². The number of nitrogens with two attached hydrogens (primary N) is 1. The first-order valence-corrected chi connectivity index (χ1v) is 6.10. The average molecular weight is 227 g/mol. The van der Waals surface area contributed by atoms with Gasteiger partial charge in [0.2, 0.25) is 0 Å². The summed E-state index contributed by atoms with van der Waals surface area (Å²) in [5.74, 6) is 0. The fourth-order valence-corrected chi connectivity index (χ4v) is 1.86. The van der Waals surface area contributed by atoms with Gasteiger partial charge in [0, 0.05) is 11.3 Å². The van der Waals surface area contributed by atoms with Gasteiger partial charge in [0.25, 0.3) is 0 Å². The van der Waals surface area contributed by atoms with Gasteiger partial charge in [-0.15, -0.1) is 0 Å². The van der Waals surface area contributed by atoms with Gasteiger partial charge in [-0.25, -0.2) is 0 Å². The molecular formula is C16H21N. The zero-order valence-corrected chi connectivity index (χ0v) is 11.1. The SMILES string of the molecule is CC.Cc1ccc(-c2ccccc2N)c(C)c1. The number of para-hydroxylation sites is 1. The Balaban J connectivity index is 0.000000686. The molecule has 0 spiro atoms. The van der Waals surface area contributed by atoms with Crippen LogP contribution in [-0.2, 0) is 0 Å². The molecule has 0 aliphatic rings. The summed E-state index contributed by atoms with van der Waals surface area (Å²) in [6.07, 6.45) is 0. The third kappa shape index (κ3) is 3.10. The molecule has 0 atom stereocenters. The van der Waals surface area contributed by atoms with Crippen LogP contribution in [0.2, 0.25) is 0 Å². The van der Waals surface area contributed by atoms with Crippen molar-refractivity contribution in [3.63, 3.8) is 0 Å². The lowest BCUT2D eigenvalue weighted by molar-refractivity contribution is 1.38. The molecule has 1 heteroatoms. The Morgan fingerprint density at radius 2 is 1.47 bits per heavy atom. The van der Waals surface area contributed by atoms with Gasteiger partial charge in [0.1, 0.15) is 0 Å². The van der Waals surface area contributed by atoms with Crippen LogP contribution < -0.4 is 5.73 Å². The van der Waals surface area contributed by atoms with Crippen LogP contribution in [0.1, 0.15) is 25.0 Å². The standard InChI is InChI=1S/C14H15N.C2H6/c1-10-7-8-12(11(2)9-10)13-5-3-4-6-14(13)15;1-2/h3-9H,15H2,1-2H3;1-2H3. The Bertz CT molecular complexity index is 487. The molecule has 1 nitrogen and oxygen atoms in total. The normalized spacial score (nSPS) is 9.41. The van der Waals surface area contributed by atoms with Gasteiger partial charge < -0.3 is 5.73 Å². The molecule has 2 aromatic rings. The minimum Gasteiger partial charge on any atom is -0.398 e. The maximum atomic E-state index is 5.96. The van der Waals surface area contributed by atoms with E-state index >= 15 is 0 Å². The molecule has 90 valence electrons. The van der Waals surface area contributed by atoms with Gasteiger partial charge >= 0.3 is 0 Å². The average Bonchev–Trinajstić information content (AvgIpc) is 2.33. The zero-order chi connectivity index (χ0) is 12.8. The minimum absolute atomic E-state index is 0.837. The lowest BCUT2D eigenvalue weighted by Gasteiger charge is -2.09. The van der Waals surface area contributed by atoms with Crippen LogP contribution in [0, 0.1) is 13.8 Å². The Labute approximate surface area is 104 Å². The zero-order valence-electron chi connectivity index (χ0n) is 11.1. The first-order valence-electron chi connectivity index (χ1n) is 6.10. The van der Waals surface area contributed by atoms with Crippen molar-refractivity contribution in [3.05, 3.63) is 53.6 Å². The van der Waals surface area contributed by atoms with E-state index in [1.165, 1.54) is 16.7 Å². The predicted molar refractivity (Wildman–Crippen MR) is 77.1 cm³/mol. The van der Waals surface area contributed by atoms with Crippen LogP contribution in [-0.4, -0.2) is 0 Å². The van der Waals surface area contributed by atoms with Crippen LogP contribution in [0.3, 0.4) is 0 Å². The number of rotatable bonds is 1. The Morgan fingerprint density at radius 1 is 0.824 bits per heavy atom. The Morgan fingerprint density at radius 3 is 2.06 bits per heavy atom. The summed E-state index contributed by atoms with van der Waals surface area (Å²) in [5.41, 5.74) is 11.7. The highest BCUT2D eigenvalue weighted by molar-refractivity contribution is 5.78. The van der Waals surface area contributed by atoms with E-state index in [2.05, 4.69) is 38.1 Å². The van der Waals surface area contributed by atoms with E-state index in [9.17, 15) is 0 Å². The molecule has 0 bridgehead atoms. The summed E-state index contributed by atoms with van der Waals surface area (Å²) in [6.45, 7) is 8.22. The van der Waals surface area contributed by atoms with E-state index in [0.29, 0.717) is 0 Å². The summed E-state index contributed by atoms with van der Waals surface area (Å²) in [4.78, 5) is 0. The molecule has 2 aromatic carbocycles. The van der Waals surface area contributed by atoms with E-state index in [1.54, 1.807) is 0 Å². The second kappa shape index (κ2) is 6.09. The molecule has 0 aliphatic carbocycles. The van der Waals surface area contributed by atoms with E-state index in [1.807, 2.05) is 32.0 Å². The van der Waals surface area contributed by atoms with Crippen molar-refractivity contribution in [2.24, 2.45) is 0 Å². The van der Waals surface area contributed by atoms with E-state index in [-0.39, 0.29) is 0 Å². The fourth-order valence-electron chi connectivity index (χ4n) is 1.86. The maximum absolute atomic E-state index is 5.96. The van der Waals surface area contributed by atoms with Gasteiger partial charge in [-0.2, -0.15) is 0 Å². The number of hydrogen-bond acceptors (Lipinski definition) is 1. The molecule has 0 fully saturated rings. The van der Waals surface area contributed by atoms with Crippen LogP contribution in [0.25, 0.3) is 11.1 Å². The summed E-state index contributed by atoms with van der Waals surface area (Å²) in [7, 11) is 0. The molecule has 0 aliphatic heterocycles. The Kier molecular flexibility index (Phi) is 4.77. The lowest BCUT2D eigenvalue weighted by atomic mass is 9.98. The second-order valence-electron chi connectivity index (χ2n) is 3.91. The molecule has 0 aromatic heterocycles. The minimum atomic E-state index is 0.837. The summed E-state index contributed by atoms with van der Waals surface area (Å²) in [6, 6.07) is 14.4. The molecule has 0 saturated carbocycles. The van der Waals surface area contributed by atoms with Crippen LogP contribution >= 0.6 is 0 Å². The van der Waals surface area contributed by atoms with Gasteiger partial charge in [0.05, 0.1) is 0 Å². The summed E-state index contributed by atoms with van der Waals surface area (Å²) < 4.78 is 0. The molecule has 2 rings (SSSR count). The van der Waals surface area contributed by atoms with Crippen molar-refractivity contribution in [1.82, 2.24) is 0 Å². The van der Waals surface area contributed by atoms with E-state index in [0.717, 1.165) is 11.3 Å². The van der Waals surface area contributed by atoms with Crippen molar-refractivity contribution in [1.29, 1.82) is 0 Å². The number of nitrogen functional groups attached to an aromatic ring is 1. The fraction of sp³-hybridized carbons (Fsp3) is 0.250. The molecule has 0 heterocycles. The van der Waals surface area contributed by atoms with Crippen molar-refractivity contribution in [3.8, 4) is 11.1 Å². The molecule has 2 N–H and O–H groups in total. The lowest BCUT2D eigenvalue weighted by Crippen LogP contribution is -1.91. The molecular weight excluding hydrogens is 206 g/mol. The molecule has 0 unspecified atom stereocenters. The summed E-state index contributed by atoms with van der Waals surface area (Å²) >= 11 is 0. The topological polar surface area (TPSA) is 26.0 Å². The van der Waals surface area contributed by atoms with Crippen LogP contribution in [0.4, 0.5) is 5.69 Å². The highest BCUT2D eigenvalue weighted by atomic mass is 14.6. The quantitative estimate of drug-likeness (QED) is 0.709. The third-order valence-electron chi connectivity index (χ3n) is 2.63. The number of hydrogen-bond donors (Lipinski definition) is 1. The number of aryl methyl sites for hydroxylation is 2. The summed E-state index contributed by atoms with van der Waals surface area (Å²) in [5, 5.41) is 0. The highest BCUT2D eigenvalue weighted by Crippen LogP contribution is 2.28. The molecule has 17 heavy (non-hydrogen) atoms. The number of anilines is 1. The van der Waals surface area contributed by atoms with Crippen LogP contribution in [0.15, 0.2) is 42.5 Å². The maximum Gasteiger partial charge on any atom is 0.0393 e. The van der Waals surface area contributed by atoms with Gasteiger partial charge in [0.15, 0.2) is 0 Å². The van der Waals surface area contributed by atoms with Gasteiger partial charge in [-0.1, -0.05) is 55.8 Å². The molecule has 0 saturated heterocycles. The third-order valence-corrected chi connectivity index (χ3v) is 2.63. The largest absolute Gasteiger partial charge is 0.398 e. The van der Waals surface area contributed by atoms with Crippen molar-refractivity contribution >= 4 is 5.69 Å². The predicted octanol–water partition coefficient (Wildman–Crippen LogP) is 4.58. The van der Waals surface area contributed by atoms with E-state index in [4.69, 9.17) is 5.73 Å².